The second kappa shape index (κ2) is 14.8. The van der Waals surface area contributed by atoms with Gasteiger partial charge in [-0.2, -0.15) is 0 Å². The summed E-state index contributed by atoms with van der Waals surface area (Å²) in [5.41, 5.74) is 4.48. The fraction of sp³-hybridized carbons (Fsp3) is 0.296. The zero-order chi connectivity index (χ0) is 23.5. The SMILES string of the molecule is CCOCCSc1cc(-c2ccc(CCNC[C@@H](O)c3ccccc3)cc2)ccc1C(=O)O.Cl. The van der Waals surface area contributed by atoms with E-state index in [1.54, 1.807) is 6.07 Å². The van der Waals surface area contributed by atoms with Crippen molar-refractivity contribution in [1.82, 2.24) is 5.32 Å². The summed E-state index contributed by atoms with van der Waals surface area (Å²) in [6, 6.07) is 23.5. The second-order valence-corrected chi connectivity index (χ2v) is 8.78. The molecule has 34 heavy (non-hydrogen) atoms. The Hall–Kier alpha value is -2.35. The maximum Gasteiger partial charge on any atom is 0.336 e. The molecule has 0 spiro atoms. The normalized spacial score (nSPS) is 11.6. The first kappa shape index (κ1) is 27.9. The molecule has 0 amide bonds. The van der Waals surface area contributed by atoms with E-state index in [4.69, 9.17) is 4.74 Å². The molecule has 0 aliphatic carbocycles. The van der Waals surface area contributed by atoms with Crippen LogP contribution in [0, 0.1) is 0 Å². The lowest BCUT2D eigenvalue weighted by Crippen LogP contribution is -2.23. The monoisotopic (exact) mass is 501 g/mol. The number of ether oxygens (including phenoxy) is 1. The van der Waals surface area contributed by atoms with Gasteiger partial charge in [0.2, 0.25) is 0 Å². The van der Waals surface area contributed by atoms with Crippen LogP contribution < -0.4 is 5.32 Å². The lowest BCUT2D eigenvalue weighted by atomic mass is 10.0. The Kier molecular flexibility index (Phi) is 12.2. The standard InChI is InChI=1S/C27H31NO4S.ClH/c1-2-32-16-17-33-26-18-23(12-13-24(26)27(30)31)21-10-8-20(9-11-21)14-15-28-19-25(29)22-6-4-3-5-7-22;/h3-13,18,25,28-29H,2,14-17,19H2,1H3,(H,30,31);1H/t25-;/m1./s1. The first-order chi connectivity index (χ1) is 16.1. The van der Waals surface area contributed by atoms with Crippen LogP contribution in [0.5, 0.6) is 0 Å². The highest BCUT2D eigenvalue weighted by Crippen LogP contribution is 2.29. The number of hydrogen-bond donors (Lipinski definition) is 3. The van der Waals surface area contributed by atoms with Gasteiger partial charge in [0.05, 0.1) is 18.3 Å². The molecule has 0 saturated carbocycles. The second-order valence-electron chi connectivity index (χ2n) is 7.64. The summed E-state index contributed by atoms with van der Waals surface area (Å²) >= 11 is 1.51. The maximum atomic E-state index is 11.6. The van der Waals surface area contributed by atoms with E-state index in [-0.39, 0.29) is 12.4 Å². The predicted molar refractivity (Wildman–Crippen MR) is 141 cm³/mol. The van der Waals surface area contributed by atoms with Gasteiger partial charge in [0.25, 0.3) is 0 Å². The molecule has 0 radical (unpaired) electrons. The molecule has 1 atom stereocenters. The Morgan fingerprint density at radius 3 is 2.41 bits per heavy atom. The molecule has 3 aromatic rings. The Labute approximate surface area is 212 Å². The highest BCUT2D eigenvalue weighted by atomic mass is 35.5. The lowest BCUT2D eigenvalue weighted by Gasteiger charge is -2.12. The highest BCUT2D eigenvalue weighted by Gasteiger charge is 2.12. The predicted octanol–water partition coefficient (Wildman–Crippen LogP) is 5.47. The number of aliphatic hydroxyl groups is 1. The van der Waals surface area contributed by atoms with Gasteiger partial charge in [0, 0.05) is 23.8 Å². The van der Waals surface area contributed by atoms with Crippen LogP contribution in [0.4, 0.5) is 0 Å². The van der Waals surface area contributed by atoms with E-state index >= 15 is 0 Å². The summed E-state index contributed by atoms with van der Waals surface area (Å²) in [7, 11) is 0. The van der Waals surface area contributed by atoms with Crippen molar-refractivity contribution in [3.63, 3.8) is 0 Å². The minimum atomic E-state index is -0.916. The maximum absolute atomic E-state index is 11.6. The van der Waals surface area contributed by atoms with Crippen molar-refractivity contribution >= 4 is 30.1 Å². The van der Waals surface area contributed by atoms with Crippen molar-refractivity contribution < 1.29 is 19.7 Å². The zero-order valence-electron chi connectivity index (χ0n) is 19.3. The average Bonchev–Trinajstić information content (AvgIpc) is 2.85. The van der Waals surface area contributed by atoms with E-state index in [9.17, 15) is 15.0 Å². The molecule has 3 aromatic carbocycles. The summed E-state index contributed by atoms with van der Waals surface area (Å²) < 4.78 is 5.37. The molecule has 3 N–H and O–H groups in total. The van der Waals surface area contributed by atoms with Gasteiger partial charge in [0.1, 0.15) is 0 Å². The number of aromatic carboxylic acids is 1. The number of nitrogens with one attached hydrogen (secondary N) is 1. The van der Waals surface area contributed by atoms with Crippen molar-refractivity contribution in [3.8, 4) is 11.1 Å². The van der Waals surface area contributed by atoms with Gasteiger partial charge in [-0.1, -0.05) is 60.7 Å². The van der Waals surface area contributed by atoms with E-state index in [0.717, 1.165) is 34.6 Å². The minimum absolute atomic E-state index is 0. The third-order valence-electron chi connectivity index (χ3n) is 5.30. The molecule has 0 unspecified atom stereocenters. The summed E-state index contributed by atoms with van der Waals surface area (Å²) in [6.07, 6.45) is 0.348. The fourth-order valence-corrected chi connectivity index (χ4v) is 4.42. The first-order valence-electron chi connectivity index (χ1n) is 11.2. The van der Waals surface area contributed by atoms with Crippen molar-refractivity contribution in [3.05, 3.63) is 89.5 Å². The highest BCUT2D eigenvalue weighted by molar-refractivity contribution is 7.99. The molecule has 7 heteroatoms. The molecule has 0 aliphatic heterocycles. The van der Waals surface area contributed by atoms with Crippen molar-refractivity contribution in [2.24, 2.45) is 0 Å². The molecule has 182 valence electrons. The Morgan fingerprint density at radius 2 is 1.74 bits per heavy atom. The number of carbonyl (C=O) groups is 1. The molecule has 0 saturated heterocycles. The van der Waals surface area contributed by atoms with Crippen molar-refractivity contribution in [2.75, 3.05) is 32.1 Å². The summed E-state index contributed by atoms with van der Waals surface area (Å²) in [5, 5.41) is 23.0. The minimum Gasteiger partial charge on any atom is -0.478 e. The van der Waals surface area contributed by atoms with Crippen molar-refractivity contribution in [1.29, 1.82) is 0 Å². The smallest absolute Gasteiger partial charge is 0.336 e. The number of carboxylic acids is 1. The van der Waals surface area contributed by atoms with Crippen LogP contribution in [0.15, 0.2) is 77.7 Å². The molecule has 3 rings (SSSR count). The summed E-state index contributed by atoms with van der Waals surface area (Å²) in [4.78, 5) is 12.3. The van der Waals surface area contributed by atoms with E-state index < -0.39 is 12.1 Å². The zero-order valence-corrected chi connectivity index (χ0v) is 20.9. The number of aliphatic hydroxyl groups excluding tert-OH is 1. The lowest BCUT2D eigenvalue weighted by molar-refractivity contribution is 0.0693. The molecule has 0 aliphatic rings. The molecule has 0 bridgehead atoms. The number of rotatable bonds is 13. The third kappa shape index (κ3) is 8.46. The van der Waals surface area contributed by atoms with Gasteiger partial charge < -0.3 is 20.3 Å². The average molecular weight is 502 g/mol. The van der Waals surface area contributed by atoms with E-state index in [1.807, 2.05) is 49.4 Å². The molecule has 0 aromatic heterocycles. The van der Waals surface area contributed by atoms with E-state index in [2.05, 4.69) is 29.6 Å². The van der Waals surface area contributed by atoms with Gasteiger partial charge in [-0.15, -0.1) is 24.2 Å². The number of halogens is 1. The number of thioether (sulfide) groups is 1. The van der Waals surface area contributed by atoms with E-state index in [1.165, 1.54) is 17.3 Å². The van der Waals surface area contributed by atoms with Crippen molar-refractivity contribution in [2.45, 2.75) is 24.3 Å². The van der Waals surface area contributed by atoms with Crippen LogP contribution in [0.2, 0.25) is 0 Å². The molecule has 5 nitrogen and oxygen atoms in total. The number of hydrogen-bond acceptors (Lipinski definition) is 5. The van der Waals surface area contributed by atoms with Gasteiger partial charge in [-0.25, -0.2) is 4.79 Å². The van der Waals surface area contributed by atoms with E-state index in [0.29, 0.717) is 31.1 Å². The largest absolute Gasteiger partial charge is 0.478 e. The number of benzene rings is 3. The van der Waals surface area contributed by atoms with Gasteiger partial charge in [-0.05, 0) is 54.3 Å². The van der Waals surface area contributed by atoms with Crippen LogP contribution in [-0.4, -0.2) is 48.2 Å². The van der Waals surface area contributed by atoms with Gasteiger partial charge in [-0.3, -0.25) is 0 Å². The van der Waals surface area contributed by atoms with Gasteiger partial charge in [0.15, 0.2) is 0 Å². The Bertz CT molecular complexity index is 1010. The number of carboxylic acid groups (broad SMARTS) is 1. The third-order valence-corrected chi connectivity index (χ3v) is 6.32. The molecular weight excluding hydrogens is 470 g/mol. The summed E-state index contributed by atoms with van der Waals surface area (Å²) in [6.45, 7) is 4.48. The Balaban J connectivity index is 0.00000408. The van der Waals surface area contributed by atoms with Crippen LogP contribution in [0.1, 0.15) is 34.5 Å². The quantitative estimate of drug-likeness (QED) is 0.213. The molecule has 0 fully saturated rings. The first-order valence-corrected chi connectivity index (χ1v) is 12.2. The molecule has 0 heterocycles. The van der Waals surface area contributed by atoms with Crippen LogP contribution >= 0.6 is 24.2 Å². The molecular formula is C27H32ClNO4S. The summed E-state index contributed by atoms with van der Waals surface area (Å²) in [5.74, 6) is -0.205. The Morgan fingerprint density at radius 1 is 1.03 bits per heavy atom. The van der Waals surface area contributed by atoms with Crippen LogP contribution in [-0.2, 0) is 11.2 Å². The van der Waals surface area contributed by atoms with Crippen LogP contribution in [0.25, 0.3) is 11.1 Å². The van der Waals surface area contributed by atoms with Gasteiger partial charge >= 0.3 is 5.97 Å². The topological polar surface area (TPSA) is 78.8 Å². The van der Waals surface area contributed by atoms with Crippen LogP contribution in [0.3, 0.4) is 0 Å². The fourth-order valence-electron chi connectivity index (χ4n) is 3.48.